The highest BCUT2D eigenvalue weighted by Crippen LogP contribution is 2.71. The topological polar surface area (TPSA) is 95.5 Å². The minimum absolute atomic E-state index is 0.190. The lowest BCUT2D eigenvalue weighted by Crippen LogP contribution is -2.52. The van der Waals surface area contributed by atoms with Crippen LogP contribution in [0.5, 0.6) is 23.0 Å². The van der Waals surface area contributed by atoms with E-state index in [0.717, 1.165) is 5.56 Å². The molecular weight excluding hydrogens is 474 g/mol. The summed E-state index contributed by atoms with van der Waals surface area (Å²) < 4.78 is 29.9. The standard InChI is InChI=1S/C29H29NO7/c1-33-19-11-9-18(10-12-19)29-24(17-7-5-4-6-8-17)23-26(36-14-13-30-27(23)31)28(29,32)25-21(35-3)15-20(34-2)16-22(25)37-29/h4-12,15-16,23-24,26,32H,13-14H2,1-3H3,(H,30,31)/t23?,24-,26?,28-,29+/m1/s1. The van der Waals surface area contributed by atoms with Gasteiger partial charge in [0.15, 0.2) is 11.2 Å². The third-order valence-electron chi connectivity index (χ3n) is 7.93. The molecule has 8 heteroatoms. The maximum atomic E-state index is 13.7. The largest absolute Gasteiger partial charge is 0.497 e. The molecule has 5 atom stereocenters. The summed E-state index contributed by atoms with van der Waals surface area (Å²) in [7, 11) is 4.70. The van der Waals surface area contributed by atoms with Crippen LogP contribution in [0.4, 0.5) is 0 Å². The number of hydrogen-bond donors (Lipinski definition) is 2. The van der Waals surface area contributed by atoms with Crippen molar-refractivity contribution in [1.29, 1.82) is 0 Å². The Hall–Kier alpha value is -3.75. The van der Waals surface area contributed by atoms with E-state index in [4.69, 9.17) is 23.7 Å². The predicted molar refractivity (Wildman–Crippen MR) is 134 cm³/mol. The Bertz CT molecular complexity index is 1330. The predicted octanol–water partition coefficient (Wildman–Crippen LogP) is 3.12. The first-order valence-electron chi connectivity index (χ1n) is 12.3. The van der Waals surface area contributed by atoms with E-state index >= 15 is 0 Å². The quantitative estimate of drug-likeness (QED) is 0.553. The van der Waals surface area contributed by atoms with E-state index in [2.05, 4.69) is 5.32 Å². The van der Waals surface area contributed by atoms with Crippen LogP contribution in [-0.2, 0) is 20.7 Å². The van der Waals surface area contributed by atoms with Gasteiger partial charge >= 0.3 is 0 Å². The highest BCUT2D eigenvalue weighted by atomic mass is 16.6. The Morgan fingerprint density at radius 3 is 2.35 bits per heavy atom. The average Bonchev–Trinajstić information content (AvgIpc) is 3.22. The van der Waals surface area contributed by atoms with E-state index in [9.17, 15) is 9.90 Å². The summed E-state index contributed by atoms with van der Waals surface area (Å²) in [5.41, 5.74) is -1.22. The van der Waals surface area contributed by atoms with Crippen LogP contribution in [-0.4, -0.2) is 51.6 Å². The highest BCUT2D eigenvalue weighted by Gasteiger charge is 2.78. The van der Waals surface area contributed by atoms with E-state index in [1.54, 1.807) is 26.4 Å². The molecule has 0 spiro atoms. The third-order valence-corrected chi connectivity index (χ3v) is 7.93. The maximum Gasteiger partial charge on any atom is 0.226 e. The molecule has 1 saturated heterocycles. The van der Waals surface area contributed by atoms with Crippen molar-refractivity contribution >= 4 is 5.91 Å². The van der Waals surface area contributed by atoms with Crippen molar-refractivity contribution in [1.82, 2.24) is 5.32 Å². The van der Waals surface area contributed by atoms with Crippen LogP contribution in [0, 0.1) is 5.92 Å². The van der Waals surface area contributed by atoms with Crippen LogP contribution in [0.1, 0.15) is 22.6 Å². The molecule has 2 N–H and O–H groups in total. The number of benzene rings is 3. The van der Waals surface area contributed by atoms with Crippen LogP contribution in [0.3, 0.4) is 0 Å². The molecule has 8 nitrogen and oxygen atoms in total. The zero-order valence-electron chi connectivity index (χ0n) is 20.9. The van der Waals surface area contributed by atoms with E-state index in [-0.39, 0.29) is 12.5 Å². The number of carbonyl (C=O) groups is 1. The van der Waals surface area contributed by atoms with Crippen molar-refractivity contribution in [3.63, 3.8) is 0 Å². The SMILES string of the molecule is COc1ccc([C@@]23Oc4cc(OC)cc(OC)c4[C@@]2(O)C2OCCNC(=O)C2[C@H]3c2ccccc2)cc1. The van der Waals surface area contributed by atoms with Gasteiger partial charge in [0.2, 0.25) is 5.91 Å². The fourth-order valence-corrected chi connectivity index (χ4v) is 6.47. The van der Waals surface area contributed by atoms with Gasteiger partial charge in [-0.3, -0.25) is 4.79 Å². The second-order valence-electron chi connectivity index (χ2n) is 9.53. The number of amides is 1. The molecule has 3 aromatic carbocycles. The molecule has 37 heavy (non-hydrogen) atoms. The molecule has 6 rings (SSSR count). The summed E-state index contributed by atoms with van der Waals surface area (Å²) in [5, 5.41) is 16.1. The molecule has 2 fully saturated rings. The molecule has 0 radical (unpaired) electrons. The van der Waals surface area contributed by atoms with Crippen molar-refractivity contribution in [3.8, 4) is 23.0 Å². The number of carbonyl (C=O) groups excluding carboxylic acids is 1. The van der Waals surface area contributed by atoms with Gasteiger partial charge in [-0.05, 0) is 23.3 Å². The average molecular weight is 504 g/mol. The number of aliphatic hydroxyl groups is 1. The number of ether oxygens (including phenoxy) is 5. The summed E-state index contributed by atoms with van der Waals surface area (Å²) in [4.78, 5) is 13.7. The van der Waals surface area contributed by atoms with Gasteiger partial charge in [-0.1, -0.05) is 42.5 Å². The van der Waals surface area contributed by atoms with E-state index < -0.39 is 29.1 Å². The zero-order valence-corrected chi connectivity index (χ0v) is 20.9. The number of nitrogens with one attached hydrogen (secondary N) is 1. The number of fused-ring (bicyclic) bond motifs is 5. The summed E-state index contributed by atoms with van der Waals surface area (Å²) >= 11 is 0. The fraction of sp³-hybridized carbons (Fsp3) is 0.345. The van der Waals surface area contributed by atoms with Crippen LogP contribution in [0.15, 0.2) is 66.7 Å². The lowest BCUT2D eigenvalue weighted by Gasteiger charge is -2.41. The van der Waals surface area contributed by atoms with Crippen LogP contribution >= 0.6 is 0 Å². The van der Waals surface area contributed by atoms with E-state index in [1.807, 2.05) is 54.6 Å². The van der Waals surface area contributed by atoms with Gasteiger partial charge in [-0.15, -0.1) is 0 Å². The zero-order chi connectivity index (χ0) is 25.8. The molecule has 2 heterocycles. The maximum absolute atomic E-state index is 13.7. The van der Waals surface area contributed by atoms with Crippen LogP contribution in [0.25, 0.3) is 0 Å². The fourth-order valence-electron chi connectivity index (χ4n) is 6.47. The summed E-state index contributed by atoms with van der Waals surface area (Å²) in [5.74, 6) is 0.474. The first-order valence-corrected chi connectivity index (χ1v) is 12.3. The van der Waals surface area contributed by atoms with Crippen molar-refractivity contribution in [2.75, 3.05) is 34.5 Å². The second-order valence-corrected chi connectivity index (χ2v) is 9.53. The molecule has 192 valence electrons. The molecule has 2 unspecified atom stereocenters. The van der Waals surface area contributed by atoms with Crippen molar-refractivity contribution in [2.24, 2.45) is 5.92 Å². The second kappa shape index (κ2) is 8.68. The van der Waals surface area contributed by atoms with Crippen LogP contribution in [0.2, 0.25) is 0 Å². The van der Waals surface area contributed by atoms with Gasteiger partial charge in [0, 0.05) is 24.6 Å². The van der Waals surface area contributed by atoms with E-state index in [1.165, 1.54) is 7.11 Å². The van der Waals surface area contributed by atoms with Gasteiger partial charge in [0.05, 0.1) is 39.4 Å². The summed E-state index contributed by atoms with van der Waals surface area (Å²) in [6.45, 7) is 0.607. The van der Waals surface area contributed by atoms with Gasteiger partial charge in [0.1, 0.15) is 29.1 Å². The Morgan fingerprint density at radius 1 is 0.946 bits per heavy atom. The Kier molecular flexibility index (Phi) is 5.54. The normalized spacial score (nSPS) is 29.7. The van der Waals surface area contributed by atoms with Crippen molar-refractivity contribution in [3.05, 3.63) is 83.4 Å². The van der Waals surface area contributed by atoms with Gasteiger partial charge in [-0.2, -0.15) is 0 Å². The lowest BCUT2D eigenvalue weighted by molar-refractivity contribution is -0.167. The smallest absolute Gasteiger partial charge is 0.226 e. The molecule has 0 bridgehead atoms. The molecule has 3 aromatic rings. The monoisotopic (exact) mass is 503 g/mol. The summed E-state index contributed by atoms with van der Waals surface area (Å²) in [6, 6.07) is 20.5. The molecule has 1 aliphatic carbocycles. The molecule has 2 aliphatic heterocycles. The minimum atomic E-state index is -1.78. The summed E-state index contributed by atoms with van der Waals surface area (Å²) in [6.07, 6.45) is -0.911. The highest BCUT2D eigenvalue weighted by molar-refractivity contribution is 5.83. The molecule has 0 aromatic heterocycles. The van der Waals surface area contributed by atoms with Crippen LogP contribution < -0.4 is 24.3 Å². The lowest BCUT2D eigenvalue weighted by atomic mass is 9.70. The molecular formula is C29H29NO7. The minimum Gasteiger partial charge on any atom is -0.497 e. The van der Waals surface area contributed by atoms with Gasteiger partial charge in [-0.25, -0.2) is 0 Å². The first-order chi connectivity index (χ1) is 18.0. The number of hydrogen-bond acceptors (Lipinski definition) is 7. The molecule has 3 aliphatic rings. The Labute approximate surface area is 215 Å². The number of methoxy groups -OCH3 is 3. The third kappa shape index (κ3) is 3.12. The van der Waals surface area contributed by atoms with Crippen molar-refractivity contribution < 1.29 is 33.6 Å². The van der Waals surface area contributed by atoms with Gasteiger partial charge < -0.3 is 34.1 Å². The van der Waals surface area contributed by atoms with E-state index in [0.29, 0.717) is 40.7 Å². The van der Waals surface area contributed by atoms with Gasteiger partial charge in [0.25, 0.3) is 0 Å². The molecule has 1 amide bonds. The first kappa shape index (κ1) is 23.6. The molecule has 1 saturated carbocycles. The Morgan fingerprint density at radius 2 is 1.68 bits per heavy atom. The Balaban J connectivity index is 1.71. The van der Waals surface area contributed by atoms with Crippen molar-refractivity contribution in [2.45, 2.75) is 23.2 Å². The number of rotatable bonds is 5.